The fourth-order valence-corrected chi connectivity index (χ4v) is 4.95. The molecule has 34 heavy (non-hydrogen) atoms. The summed E-state index contributed by atoms with van der Waals surface area (Å²) in [4.78, 5) is 27.3. The van der Waals surface area contributed by atoms with Gasteiger partial charge in [0.05, 0.1) is 18.6 Å². The summed E-state index contributed by atoms with van der Waals surface area (Å²) in [6.45, 7) is 1.98. The van der Waals surface area contributed by atoms with Gasteiger partial charge in [-0.1, -0.05) is 46.3 Å². The minimum Gasteiger partial charge on any atom is -0.497 e. The van der Waals surface area contributed by atoms with E-state index < -0.39 is 5.97 Å². The van der Waals surface area contributed by atoms with Gasteiger partial charge in [0.2, 0.25) is 5.78 Å². The molecule has 0 fully saturated rings. The molecule has 7 heteroatoms. The minimum atomic E-state index is -0.488. The summed E-state index contributed by atoms with van der Waals surface area (Å²) in [6, 6.07) is 24.0. The largest absolute Gasteiger partial charge is 0.497 e. The van der Waals surface area contributed by atoms with E-state index in [2.05, 4.69) is 21.2 Å². The van der Waals surface area contributed by atoms with Gasteiger partial charge in [0.1, 0.15) is 16.3 Å². The number of halogens is 1. The molecule has 5 nitrogen and oxygen atoms in total. The molecule has 1 heterocycles. The van der Waals surface area contributed by atoms with Gasteiger partial charge in [-0.05, 0) is 61.0 Å². The number of hydrogen-bond acceptors (Lipinski definition) is 6. The van der Waals surface area contributed by atoms with Crippen LogP contribution in [0.15, 0.2) is 83.3 Å². The zero-order chi connectivity index (χ0) is 24.1. The number of rotatable bonds is 8. The lowest BCUT2D eigenvalue weighted by atomic mass is 9.97. The average Bonchev–Trinajstić information content (AvgIpc) is 3.24. The van der Waals surface area contributed by atoms with Crippen molar-refractivity contribution in [2.24, 2.45) is 0 Å². The van der Waals surface area contributed by atoms with Crippen molar-refractivity contribution < 1.29 is 19.1 Å². The molecule has 0 aliphatic carbocycles. The predicted molar refractivity (Wildman–Crippen MR) is 140 cm³/mol. The summed E-state index contributed by atoms with van der Waals surface area (Å²) >= 11 is 4.66. The fourth-order valence-electron chi connectivity index (χ4n) is 3.50. The highest BCUT2D eigenvalue weighted by Gasteiger charge is 2.30. The molecule has 1 N–H and O–H groups in total. The number of benzene rings is 3. The van der Waals surface area contributed by atoms with E-state index >= 15 is 0 Å². The molecule has 0 spiro atoms. The molecule has 4 rings (SSSR count). The van der Waals surface area contributed by atoms with E-state index in [1.165, 1.54) is 11.3 Å². The van der Waals surface area contributed by atoms with Crippen LogP contribution in [0.25, 0.3) is 11.1 Å². The maximum Gasteiger partial charge on any atom is 0.341 e. The van der Waals surface area contributed by atoms with Gasteiger partial charge in [-0.2, -0.15) is 0 Å². The highest BCUT2D eigenvalue weighted by atomic mass is 79.9. The lowest BCUT2D eigenvalue weighted by Crippen LogP contribution is -2.09. The molecule has 0 aliphatic heterocycles. The molecule has 172 valence electrons. The van der Waals surface area contributed by atoms with E-state index in [0.29, 0.717) is 32.3 Å². The number of ketones is 1. The first-order chi connectivity index (χ1) is 16.5. The Bertz CT molecular complexity index is 1300. The first-order valence-corrected chi connectivity index (χ1v) is 12.2. The van der Waals surface area contributed by atoms with Crippen molar-refractivity contribution in [3.8, 4) is 16.9 Å². The Morgan fingerprint density at radius 2 is 1.62 bits per heavy atom. The SMILES string of the molecule is CCOC(=O)c1c(Nc2ccccc2)sc(C(=O)c2ccc(Br)cc2)c1-c1ccc(OC)cc1. The summed E-state index contributed by atoms with van der Waals surface area (Å²) in [5, 5.41) is 3.87. The average molecular weight is 536 g/mol. The maximum absolute atomic E-state index is 13.7. The third kappa shape index (κ3) is 5.05. The Balaban J connectivity index is 1.93. The Morgan fingerprint density at radius 3 is 2.24 bits per heavy atom. The molecule has 0 atom stereocenters. The molecule has 0 saturated carbocycles. The quantitative estimate of drug-likeness (QED) is 0.189. The second-order valence-electron chi connectivity index (χ2n) is 7.29. The van der Waals surface area contributed by atoms with E-state index in [0.717, 1.165) is 15.7 Å². The molecule has 0 saturated heterocycles. The first-order valence-electron chi connectivity index (χ1n) is 10.6. The lowest BCUT2D eigenvalue weighted by Gasteiger charge is -2.10. The number of para-hydroxylation sites is 1. The van der Waals surface area contributed by atoms with E-state index in [1.807, 2.05) is 54.6 Å². The highest BCUT2D eigenvalue weighted by molar-refractivity contribution is 9.10. The van der Waals surface area contributed by atoms with Crippen molar-refractivity contribution in [3.05, 3.63) is 99.3 Å². The normalized spacial score (nSPS) is 10.6. The molecule has 0 aliphatic rings. The number of anilines is 2. The van der Waals surface area contributed by atoms with Crippen LogP contribution < -0.4 is 10.1 Å². The van der Waals surface area contributed by atoms with Gasteiger partial charge in [0.25, 0.3) is 0 Å². The van der Waals surface area contributed by atoms with Crippen LogP contribution in [0.2, 0.25) is 0 Å². The Labute approximate surface area is 210 Å². The standard InChI is InChI=1S/C27H22BrNO4S/c1-3-33-27(31)23-22(17-11-15-21(32-2)16-12-17)25(24(30)18-9-13-19(28)14-10-18)34-26(23)29-20-7-5-4-6-8-20/h4-16,29H,3H2,1-2H3. The Morgan fingerprint density at radius 1 is 0.941 bits per heavy atom. The van der Waals surface area contributed by atoms with E-state index in [9.17, 15) is 9.59 Å². The number of methoxy groups -OCH3 is 1. The fraction of sp³-hybridized carbons (Fsp3) is 0.111. The second kappa shape index (κ2) is 10.7. The minimum absolute atomic E-state index is 0.171. The van der Waals surface area contributed by atoms with Gasteiger partial charge >= 0.3 is 5.97 Å². The summed E-state index contributed by atoms with van der Waals surface area (Å²) < 4.78 is 11.6. The lowest BCUT2D eigenvalue weighted by molar-refractivity contribution is 0.0529. The molecular weight excluding hydrogens is 514 g/mol. The molecule has 0 amide bonds. The van der Waals surface area contributed by atoms with Crippen molar-refractivity contribution in [1.82, 2.24) is 0 Å². The van der Waals surface area contributed by atoms with Gasteiger partial charge in [0, 0.05) is 21.3 Å². The van der Waals surface area contributed by atoms with Gasteiger partial charge in [-0.25, -0.2) is 4.79 Å². The monoisotopic (exact) mass is 535 g/mol. The van der Waals surface area contributed by atoms with E-state index in [-0.39, 0.29) is 12.4 Å². The van der Waals surface area contributed by atoms with Gasteiger partial charge in [-0.3, -0.25) is 4.79 Å². The second-order valence-corrected chi connectivity index (χ2v) is 9.22. The van der Waals surface area contributed by atoms with Crippen LogP contribution in [0.1, 0.15) is 32.5 Å². The van der Waals surface area contributed by atoms with Crippen LogP contribution in [-0.4, -0.2) is 25.5 Å². The molecule has 0 unspecified atom stereocenters. The zero-order valence-corrected chi connectivity index (χ0v) is 21.0. The van der Waals surface area contributed by atoms with E-state index in [1.54, 1.807) is 38.3 Å². The number of hydrogen-bond donors (Lipinski definition) is 1. The third-order valence-corrected chi connectivity index (χ3v) is 6.74. The van der Waals surface area contributed by atoms with Gasteiger partial charge in [-0.15, -0.1) is 11.3 Å². The zero-order valence-electron chi connectivity index (χ0n) is 18.6. The number of carbonyl (C=O) groups excluding carboxylic acids is 2. The number of carbonyl (C=O) groups is 2. The van der Waals surface area contributed by atoms with Crippen LogP contribution in [0.4, 0.5) is 10.7 Å². The Kier molecular flexibility index (Phi) is 7.45. The van der Waals surface area contributed by atoms with Crippen LogP contribution in [0.5, 0.6) is 5.75 Å². The van der Waals surface area contributed by atoms with Crippen LogP contribution in [0.3, 0.4) is 0 Å². The summed E-state index contributed by atoms with van der Waals surface area (Å²) in [5.41, 5.74) is 2.93. The molecule has 0 radical (unpaired) electrons. The number of thiophene rings is 1. The van der Waals surface area contributed by atoms with Crippen LogP contribution in [-0.2, 0) is 4.74 Å². The van der Waals surface area contributed by atoms with Crippen molar-refractivity contribution in [3.63, 3.8) is 0 Å². The summed E-state index contributed by atoms with van der Waals surface area (Å²) in [5.74, 6) is 0.0212. The van der Waals surface area contributed by atoms with Crippen molar-refractivity contribution in [2.45, 2.75) is 6.92 Å². The molecular formula is C27H22BrNO4S. The van der Waals surface area contributed by atoms with Crippen LogP contribution in [0, 0.1) is 0 Å². The highest BCUT2D eigenvalue weighted by Crippen LogP contribution is 2.43. The molecule has 3 aromatic carbocycles. The predicted octanol–water partition coefficient (Wildman–Crippen LogP) is 7.34. The smallest absolute Gasteiger partial charge is 0.341 e. The third-order valence-electron chi connectivity index (χ3n) is 5.11. The van der Waals surface area contributed by atoms with Gasteiger partial charge < -0.3 is 14.8 Å². The molecule has 0 bridgehead atoms. The van der Waals surface area contributed by atoms with Crippen molar-refractivity contribution in [1.29, 1.82) is 0 Å². The number of esters is 1. The van der Waals surface area contributed by atoms with Crippen molar-refractivity contribution in [2.75, 3.05) is 19.0 Å². The Hall–Kier alpha value is -3.42. The number of ether oxygens (including phenoxy) is 2. The molecule has 4 aromatic rings. The van der Waals surface area contributed by atoms with Crippen molar-refractivity contribution >= 4 is 49.7 Å². The summed E-state index contributed by atoms with van der Waals surface area (Å²) in [7, 11) is 1.59. The topological polar surface area (TPSA) is 64.6 Å². The first kappa shape index (κ1) is 23.7. The maximum atomic E-state index is 13.7. The van der Waals surface area contributed by atoms with Crippen LogP contribution >= 0.6 is 27.3 Å². The van der Waals surface area contributed by atoms with Gasteiger partial charge in [0.15, 0.2) is 0 Å². The summed E-state index contributed by atoms with van der Waals surface area (Å²) in [6.07, 6.45) is 0. The number of nitrogens with one attached hydrogen (secondary N) is 1. The molecule has 1 aromatic heterocycles. The van der Waals surface area contributed by atoms with E-state index in [4.69, 9.17) is 9.47 Å².